The molecule has 1 N–H and O–H groups in total. The van der Waals surface area contributed by atoms with E-state index in [0.29, 0.717) is 5.92 Å². The van der Waals surface area contributed by atoms with Crippen molar-refractivity contribution in [3.05, 3.63) is 66.2 Å². The normalized spacial score (nSPS) is 16.2. The molecule has 3 rings (SSSR count). The van der Waals surface area contributed by atoms with Crippen LogP contribution >= 0.6 is 0 Å². The fraction of sp³-hybridized carbons (Fsp3) is 0.381. The Labute approximate surface area is 141 Å². The molecule has 1 aromatic heterocycles. The molecular formula is C21H30N2. The molecule has 0 bridgehead atoms. The monoisotopic (exact) mass is 310 g/mol. The number of hydrogen-bond donors (Lipinski definition) is 1. The molecule has 2 nitrogen and oxygen atoms in total. The molecule has 1 atom stereocenters. The second-order valence-corrected chi connectivity index (χ2v) is 5.04. The third kappa shape index (κ3) is 5.24. The first-order valence-electron chi connectivity index (χ1n) is 8.77. The van der Waals surface area contributed by atoms with Crippen molar-refractivity contribution < 1.29 is 0 Å². The Balaban J connectivity index is 0.000000615. The van der Waals surface area contributed by atoms with Gasteiger partial charge in [0.2, 0.25) is 0 Å². The topological polar surface area (TPSA) is 28.7 Å². The van der Waals surface area contributed by atoms with Gasteiger partial charge in [-0.05, 0) is 25.3 Å². The summed E-state index contributed by atoms with van der Waals surface area (Å²) in [6, 6.07) is 8.60. The van der Waals surface area contributed by atoms with Gasteiger partial charge in [-0.2, -0.15) is 0 Å². The summed E-state index contributed by atoms with van der Waals surface area (Å²) in [4.78, 5) is 7.34. The number of nitrogens with one attached hydrogen (secondary N) is 1. The lowest BCUT2D eigenvalue weighted by atomic mass is 9.90. The molecule has 0 saturated carbocycles. The van der Waals surface area contributed by atoms with Gasteiger partial charge in [0.1, 0.15) is 0 Å². The fourth-order valence-corrected chi connectivity index (χ4v) is 2.65. The van der Waals surface area contributed by atoms with Crippen molar-refractivity contribution >= 4 is 0 Å². The summed E-state index contributed by atoms with van der Waals surface area (Å²) in [6.45, 7) is 10.2. The van der Waals surface area contributed by atoms with Gasteiger partial charge < -0.3 is 4.98 Å². The van der Waals surface area contributed by atoms with Crippen LogP contribution in [0.5, 0.6) is 0 Å². The zero-order valence-electron chi connectivity index (χ0n) is 15.1. The Bertz CT molecular complexity index is 607. The van der Waals surface area contributed by atoms with Crippen molar-refractivity contribution in [1.29, 1.82) is 0 Å². The number of imidazole rings is 1. The van der Waals surface area contributed by atoms with E-state index < -0.39 is 0 Å². The molecule has 0 radical (unpaired) electrons. The minimum Gasteiger partial charge on any atom is -0.345 e. The molecular weight excluding hydrogens is 280 g/mol. The molecule has 0 saturated heterocycles. The lowest BCUT2D eigenvalue weighted by molar-refractivity contribution is 0.757. The molecule has 0 aliphatic heterocycles. The van der Waals surface area contributed by atoms with Crippen LogP contribution in [0.2, 0.25) is 0 Å². The zero-order chi connectivity index (χ0) is 17.1. The van der Waals surface area contributed by atoms with Crippen LogP contribution in [0.15, 0.2) is 60.6 Å². The minimum absolute atomic E-state index is 0.480. The third-order valence-electron chi connectivity index (χ3n) is 3.68. The zero-order valence-corrected chi connectivity index (χ0v) is 15.1. The van der Waals surface area contributed by atoms with Crippen molar-refractivity contribution in [3.63, 3.8) is 0 Å². The highest BCUT2D eigenvalue weighted by molar-refractivity contribution is 5.64. The van der Waals surface area contributed by atoms with Crippen molar-refractivity contribution in [2.24, 2.45) is 0 Å². The van der Waals surface area contributed by atoms with Gasteiger partial charge >= 0.3 is 0 Å². The first-order valence-corrected chi connectivity index (χ1v) is 8.77. The maximum absolute atomic E-state index is 4.13. The molecule has 1 aliphatic rings. The van der Waals surface area contributed by atoms with Crippen molar-refractivity contribution in [2.45, 2.75) is 53.4 Å². The third-order valence-corrected chi connectivity index (χ3v) is 3.68. The summed E-state index contributed by atoms with van der Waals surface area (Å²) in [5, 5.41) is 0. The van der Waals surface area contributed by atoms with Crippen LogP contribution in [0.3, 0.4) is 0 Å². The number of hydrogen-bond acceptors (Lipinski definition) is 1. The predicted octanol–water partition coefficient (Wildman–Crippen LogP) is 6.51. The quantitative estimate of drug-likeness (QED) is 0.673. The van der Waals surface area contributed by atoms with Crippen LogP contribution in [-0.4, -0.2) is 9.97 Å². The second kappa shape index (κ2) is 10.6. The molecule has 2 aromatic rings. The molecule has 0 amide bonds. The van der Waals surface area contributed by atoms with Crippen molar-refractivity contribution in [2.75, 3.05) is 0 Å². The fourth-order valence-electron chi connectivity index (χ4n) is 2.65. The average Bonchev–Trinajstić information content (AvgIpc) is 3.07. The molecule has 1 aromatic carbocycles. The van der Waals surface area contributed by atoms with E-state index in [2.05, 4.69) is 59.4 Å². The molecule has 0 fully saturated rings. The molecule has 2 heteroatoms. The first-order chi connectivity index (χ1) is 11.3. The number of benzene rings is 1. The van der Waals surface area contributed by atoms with Gasteiger partial charge in [0, 0.05) is 11.5 Å². The second-order valence-electron chi connectivity index (χ2n) is 5.04. The van der Waals surface area contributed by atoms with E-state index >= 15 is 0 Å². The SMILES string of the molecule is CC.CC.CC1=CCCC(c2ccccc2-c2cnc[nH]2)C=C1. The Morgan fingerprint density at radius 2 is 1.83 bits per heavy atom. The number of aromatic nitrogens is 2. The smallest absolute Gasteiger partial charge is 0.0924 e. The standard InChI is InChI=1S/C17H18N2.2C2H6/c1-13-5-4-6-14(10-9-13)15-7-2-3-8-16(15)17-11-18-12-19-17;2*1-2/h2-3,5,7-12,14H,4,6H2,1H3,(H,18,19);2*1-2H3. The number of aromatic amines is 1. The predicted molar refractivity (Wildman–Crippen MR) is 102 cm³/mol. The van der Waals surface area contributed by atoms with Gasteiger partial charge in [-0.15, -0.1) is 0 Å². The van der Waals surface area contributed by atoms with E-state index in [1.807, 2.05) is 33.9 Å². The van der Waals surface area contributed by atoms with E-state index in [1.165, 1.54) is 23.1 Å². The Morgan fingerprint density at radius 3 is 2.52 bits per heavy atom. The van der Waals surface area contributed by atoms with E-state index in [1.54, 1.807) is 6.33 Å². The lowest BCUT2D eigenvalue weighted by Gasteiger charge is -2.15. The molecule has 1 heterocycles. The largest absolute Gasteiger partial charge is 0.345 e. The average molecular weight is 310 g/mol. The Hall–Kier alpha value is -2.09. The number of H-pyrrole nitrogens is 1. The number of rotatable bonds is 2. The maximum atomic E-state index is 4.13. The van der Waals surface area contributed by atoms with Crippen LogP contribution in [0.25, 0.3) is 11.3 Å². The molecule has 124 valence electrons. The highest BCUT2D eigenvalue weighted by Gasteiger charge is 2.14. The summed E-state index contributed by atoms with van der Waals surface area (Å²) >= 11 is 0. The van der Waals surface area contributed by atoms with Gasteiger partial charge in [0.05, 0.1) is 18.2 Å². The summed E-state index contributed by atoms with van der Waals surface area (Å²) in [5.41, 5.74) is 5.10. The maximum Gasteiger partial charge on any atom is 0.0924 e. The van der Waals surface area contributed by atoms with Crippen LogP contribution < -0.4 is 0 Å². The van der Waals surface area contributed by atoms with Crippen LogP contribution in [-0.2, 0) is 0 Å². The van der Waals surface area contributed by atoms with Gasteiger partial charge in [0.25, 0.3) is 0 Å². The number of nitrogens with zero attached hydrogens (tertiary/aromatic N) is 1. The van der Waals surface area contributed by atoms with E-state index in [9.17, 15) is 0 Å². The van der Waals surface area contributed by atoms with E-state index in [4.69, 9.17) is 0 Å². The van der Waals surface area contributed by atoms with Gasteiger partial charge in [-0.1, -0.05) is 75.8 Å². The molecule has 0 spiro atoms. The minimum atomic E-state index is 0.480. The van der Waals surface area contributed by atoms with E-state index in [-0.39, 0.29) is 0 Å². The van der Waals surface area contributed by atoms with Crippen LogP contribution in [0, 0.1) is 0 Å². The number of allylic oxidation sites excluding steroid dienone is 4. The van der Waals surface area contributed by atoms with Gasteiger partial charge in [-0.25, -0.2) is 4.98 Å². The van der Waals surface area contributed by atoms with E-state index in [0.717, 1.165) is 12.1 Å². The van der Waals surface area contributed by atoms with Crippen molar-refractivity contribution in [3.8, 4) is 11.3 Å². The van der Waals surface area contributed by atoms with Crippen LogP contribution in [0.4, 0.5) is 0 Å². The van der Waals surface area contributed by atoms with Gasteiger partial charge in [-0.3, -0.25) is 0 Å². The lowest BCUT2D eigenvalue weighted by Crippen LogP contribution is -1.97. The van der Waals surface area contributed by atoms with Crippen LogP contribution in [0.1, 0.15) is 58.9 Å². The Kier molecular flexibility index (Phi) is 8.74. The molecule has 23 heavy (non-hydrogen) atoms. The Morgan fingerprint density at radius 1 is 1.09 bits per heavy atom. The first kappa shape index (κ1) is 19.0. The summed E-state index contributed by atoms with van der Waals surface area (Å²) in [5.74, 6) is 0.480. The summed E-state index contributed by atoms with van der Waals surface area (Å²) in [6.07, 6.45) is 12.8. The summed E-state index contributed by atoms with van der Waals surface area (Å²) in [7, 11) is 0. The highest BCUT2D eigenvalue weighted by atomic mass is 14.9. The molecule has 1 unspecified atom stereocenters. The highest BCUT2D eigenvalue weighted by Crippen LogP contribution is 2.33. The summed E-state index contributed by atoms with van der Waals surface area (Å²) < 4.78 is 0. The van der Waals surface area contributed by atoms with Crippen molar-refractivity contribution in [1.82, 2.24) is 9.97 Å². The van der Waals surface area contributed by atoms with Gasteiger partial charge in [0.15, 0.2) is 0 Å². The molecule has 1 aliphatic carbocycles.